The first-order valence-corrected chi connectivity index (χ1v) is 8.37. The minimum absolute atomic E-state index is 0.0627. The predicted octanol–water partition coefficient (Wildman–Crippen LogP) is 3.65. The second-order valence-electron chi connectivity index (χ2n) is 6.06. The molecule has 0 saturated carbocycles. The summed E-state index contributed by atoms with van der Waals surface area (Å²) in [5.41, 5.74) is 2.34. The van der Waals surface area contributed by atoms with Crippen LogP contribution >= 0.6 is 11.6 Å². The van der Waals surface area contributed by atoms with Crippen LogP contribution in [-0.4, -0.2) is 25.5 Å². The highest BCUT2D eigenvalue weighted by molar-refractivity contribution is 6.31. The van der Waals surface area contributed by atoms with Crippen LogP contribution in [0.25, 0.3) is 0 Å². The number of aryl methyl sites for hydroxylation is 1. The molecule has 1 N–H and O–H groups in total. The zero-order valence-electron chi connectivity index (χ0n) is 14.1. The summed E-state index contributed by atoms with van der Waals surface area (Å²) >= 11 is 6.08. The number of nitrogens with one attached hydrogen (secondary N) is 1. The molecule has 130 valence electrons. The number of hydrogen-bond acceptors (Lipinski definition) is 3. The van der Waals surface area contributed by atoms with E-state index in [2.05, 4.69) is 5.32 Å². The molecule has 1 atom stereocenters. The van der Waals surface area contributed by atoms with E-state index >= 15 is 0 Å². The summed E-state index contributed by atoms with van der Waals surface area (Å²) in [6.07, 6.45) is 0.192. The first kappa shape index (κ1) is 17.3. The molecule has 2 aromatic rings. The Bertz CT molecular complexity index is 805. The molecule has 0 radical (unpaired) electrons. The number of carbonyl (C=O) groups excluding carboxylic acids is 2. The average molecular weight is 359 g/mol. The van der Waals surface area contributed by atoms with Gasteiger partial charge in [0.25, 0.3) is 0 Å². The van der Waals surface area contributed by atoms with Crippen molar-refractivity contribution in [2.45, 2.75) is 13.3 Å². The van der Waals surface area contributed by atoms with Crippen molar-refractivity contribution in [3.8, 4) is 5.75 Å². The number of halogens is 1. The predicted molar refractivity (Wildman–Crippen MR) is 98.3 cm³/mol. The lowest BCUT2D eigenvalue weighted by Crippen LogP contribution is -2.28. The number of carbonyl (C=O) groups is 2. The van der Waals surface area contributed by atoms with Gasteiger partial charge in [0.15, 0.2) is 0 Å². The molecule has 0 aliphatic carbocycles. The van der Waals surface area contributed by atoms with E-state index in [4.69, 9.17) is 16.3 Å². The number of amides is 2. The van der Waals surface area contributed by atoms with Crippen LogP contribution in [0.2, 0.25) is 5.02 Å². The Morgan fingerprint density at radius 2 is 1.96 bits per heavy atom. The second kappa shape index (κ2) is 7.15. The van der Waals surface area contributed by atoms with Crippen molar-refractivity contribution in [1.29, 1.82) is 0 Å². The second-order valence-corrected chi connectivity index (χ2v) is 6.46. The molecule has 0 aromatic heterocycles. The van der Waals surface area contributed by atoms with Crippen molar-refractivity contribution in [2.75, 3.05) is 23.9 Å². The van der Waals surface area contributed by atoms with Crippen LogP contribution in [0.3, 0.4) is 0 Å². The molecule has 2 aromatic carbocycles. The Morgan fingerprint density at radius 3 is 2.60 bits per heavy atom. The lowest BCUT2D eigenvalue weighted by molar-refractivity contribution is -0.122. The third-order valence-corrected chi connectivity index (χ3v) is 4.73. The standard InChI is InChI=1S/C19H19ClN2O3/c1-12-3-4-14(10-17(12)20)21-19(24)13-9-18(23)22(11-13)15-5-7-16(25-2)8-6-15/h3-8,10,13H,9,11H2,1-2H3,(H,21,24). The third-order valence-electron chi connectivity index (χ3n) is 4.32. The van der Waals surface area contributed by atoms with Gasteiger partial charge in [-0.3, -0.25) is 9.59 Å². The normalized spacial score (nSPS) is 16.8. The molecule has 1 heterocycles. The van der Waals surface area contributed by atoms with Gasteiger partial charge in [0.05, 0.1) is 13.0 Å². The number of nitrogens with zero attached hydrogens (tertiary/aromatic N) is 1. The Balaban J connectivity index is 1.68. The van der Waals surface area contributed by atoms with E-state index in [0.717, 1.165) is 17.0 Å². The van der Waals surface area contributed by atoms with Gasteiger partial charge in [-0.2, -0.15) is 0 Å². The maximum absolute atomic E-state index is 12.5. The zero-order chi connectivity index (χ0) is 18.0. The van der Waals surface area contributed by atoms with E-state index < -0.39 is 5.92 Å². The quantitative estimate of drug-likeness (QED) is 0.907. The highest BCUT2D eigenvalue weighted by Crippen LogP contribution is 2.28. The van der Waals surface area contributed by atoms with Gasteiger partial charge in [0, 0.05) is 29.4 Å². The van der Waals surface area contributed by atoms with Gasteiger partial charge in [-0.15, -0.1) is 0 Å². The molecule has 1 unspecified atom stereocenters. The average Bonchev–Trinajstić information content (AvgIpc) is 3.00. The summed E-state index contributed by atoms with van der Waals surface area (Å²) in [6.45, 7) is 2.26. The van der Waals surface area contributed by atoms with Crippen molar-refractivity contribution < 1.29 is 14.3 Å². The first-order chi connectivity index (χ1) is 12.0. The molecule has 0 spiro atoms. The Morgan fingerprint density at radius 1 is 1.24 bits per heavy atom. The van der Waals surface area contributed by atoms with E-state index in [-0.39, 0.29) is 18.2 Å². The highest BCUT2D eigenvalue weighted by atomic mass is 35.5. The summed E-state index contributed by atoms with van der Waals surface area (Å²) < 4.78 is 5.12. The van der Waals surface area contributed by atoms with Crippen LogP contribution in [0, 0.1) is 12.8 Å². The van der Waals surface area contributed by atoms with E-state index in [9.17, 15) is 9.59 Å². The van der Waals surface area contributed by atoms with Gasteiger partial charge in [-0.25, -0.2) is 0 Å². The Hall–Kier alpha value is -2.53. The zero-order valence-corrected chi connectivity index (χ0v) is 14.8. The third kappa shape index (κ3) is 3.77. The van der Waals surface area contributed by atoms with E-state index in [0.29, 0.717) is 17.3 Å². The van der Waals surface area contributed by atoms with Crippen LogP contribution in [0.4, 0.5) is 11.4 Å². The smallest absolute Gasteiger partial charge is 0.229 e. The van der Waals surface area contributed by atoms with Crippen LogP contribution in [0.1, 0.15) is 12.0 Å². The molecular weight excluding hydrogens is 340 g/mol. The van der Waals surface area contributed by atoms with Crippen LogP contribution < -0.4 is 15.0 Å². The minimum atomic E-state index is -0.394. The molecule has 1 saturated heterocycles. The Kier molecular flexibility index (Phi) is 4.95. The fourth-order valence-corrected chi connectivity index (χ4v) is 2.99. The fourth-order valence-electron chi connectivity index (χ4n) is 2.81. The Labute approximate surface area is 151 Å². The molecule has 1 fully saturated rings. The first-order valence-electron chi connectivity index (χ1n) is 7.99. The number of ether oxygens (including phenoxy) is 1. The van der Waals surface area contributed by atoms with E-state index in [1.165, 1.54) is 0 Å². The minimum Gasteiger partial charge on any atom is -0.497 e. The van der Waals surface area contributed by atoms with Gasteiger partial charge in [-0.1, -0.05) is 17.7 Å². The number of benzene rings is 2. The van der Waals surface area contributed by atoms with Crippen molar-refractivity contribution in [2.24, 2.45) is 5.92 Å². The topological polar surface area (TPSA) is 58.6 Å². The van der Waals surface area contributed by atoms with Crippen molar-refractivity contribution >= 4 is 34.8 Å². The van der Waals surface area contributed by atoms with Crippen molar-refractivity contribution in [1.82, 2.24) is 0 Å². The molecular formula is C19H19ClN2O3. The molecule has 25 heavy (non-hydrogen) atoms. The summed E-state index contributed by atoms with van der Waals surface area (Å²) in [5.74, 6) is 0.0900. The maximum atomic E-state index is 12.5. The molecule has 3 rings (SSSR count). The molecule has 6 heteroatoms. The molecule has 1 aliphatic heterocycles. The molecule has 2 amide bonds. The summed E-state index contributed by atoms with van der Waals surface area (Å²) in [7, 11) is 1.59. The van der Waals surface area contributed by atoms with Crippen molar-refractivity contribution in [3.63, 3.8) is 0 Å². The van der Waals surface area contributed by atoms with Gasteiger partial charge in [-0.05, 0) is 48.9 Å². The highest BCUT2D eigenvalue weighted by Gasteiger charge is 2.35. The number of rotatable bonds is 4. The largest absolute Gasteiger partial charge is 0.497 e. The SMILES string of the molecule is COc1ccc(N2CC(C(=O)Nc3ccc(C)c(Cl)c3)CC2=O)cc1. The summed E-state index contributed by atoms with van der Waals surface area (Å²) in [4.78, 5) is 26.4. The van der Waals surface area contributed by atoms with Gasteiger partial charge in [0.2, 0.25) is 11.8 Å². The van der Waals surface area contributed by atoms with Gasteiger partial charge in [0.1, 0.15) is 5.75 Å². The fraction of sp³-hybridized carbons (Fsp3) is 0.263. The van der Waals surface area contributed by atoms with Crippen LogP contribution in [-0.2, 0) is 9.59 Å². The lowest BCUT2D eigenvalue weighted by Gasteiger charge is -2.17. The maximum Gasteiger partial charge on any atom is 0.229 e. The molecule has 5 nitrogen and oxygen atoms in total. The lowest BCUT2D eigenvalue weighted by atomic mass is 10.1. The van der Waals surface area contributed by atoms with E-state index in [1.807, 2.05) is 25.1 Å². The molecule has 1 aliphatic rings. The van der Waals surface area contributed by atoms with Crippen LogP contribution in [0.5, 0.6) is 5.75 Å². The number of anilines is 2. The monoisotopic (exact) mass is 358 g/mol. The van der Waals surface area contributed by atoms with Gasteiger partial charge < -0.3 is 15.0 Å². The summed E-state index contributed by atoms with van der Waals surface area (Å²) in [5, 5.41) is 3.44. The van der Waals surface area contributed by atoms with Gasteiger partial charge >= 0.3 is 0 Å². The number of methoxy groups -OCH3 is 1. The van der Waals surface area contributed by atoms with Crippen LogP contribution in [0.15, 0.2) is 42.5 Å². The van der Waals surface area contributed by atoms with Crippen molar-refractivity contribution in [3.05, 3.63) is 53.1 Å². The number of hydrogen-bond donors (Lipinski definition) is 1. The molecule has 0 bridgehead atoms. The summed E-state index contributed by atoms with van der Waals surface area (Å²) in [6, 6.07) is 12.6. The van der Waals surface area contributed by atoms with E-state index in [1.54, 1.807) is 36.3 Å².